The monoisotopic (exact) mass is 430 g/mol. The van der Waals surface area contributed by atoms with Crippen molar-refractivity contribution in [2.45, 2.75) is 79.1 Å². The predicted octanol–water partition coefficient (Wildman–Crippen LogP) is 4.97. The highest BCUT2D eigenvalue weighted by atomic mass is 16.7. The molecule has 0 aliphatic carbocycles. The van der Waals surface area contributed by atoms with Crippen LogP contribution in [-0.2, 0) is 25.3 Å². The van der Waals surface area contributed by atoms with Crippen LogP contribution in [-0.4, -0.2) is 42.1 Å². The van der Waals surface area contributed by atoms with Crippen LogP contribution < -0.4 is 4.74 Å². The molecule has 1 unspecified atom stereocenters. The molecule has 0 spiro atoms. The normalized spacial score (nSPS) is 19.6. The molecular weight excluding hydrogens is 395 g/mol. The van der Waals surface area contributed by atoms with Crippen LogP contribution in [0.15, 0.2) is 47.1 Å². The number of aliphatic hydroxyl groups is 1. The van der Waals surface area contributed by atoms with Crippen molar-refractivity contribution in [2.24, 2.45) is 0 Å². The number of hydrogen-bond donors (Lipinski definition) is 1. The highest BCUT2D eigenvalue weighted by molar-refractivity contribution is 6.55. The van der Waals surface area contributed by atoms with E-state index in [1.54, 1.807) is 13.8 Å². The number of hydrogen-bond acceptors (Lipinski definition) is 6. The average Bonchev–Trinajstić information content (AvgIpc) is 2.88. The molecule has 1 fully saturated rings. The fraction of sp³-hybridized carbons (Fsp3) is 0.542. The van der Waals surface area contributed by atoms with E-state index in [9.17, 15) is 9.90 Å². The first kappa shape index (κ1) is 25.0. The van der Waals surface area contributed by atoms with Gasteiger partial charge in [0.05, 0.1) is 30.0 Å². The Morgan fingerprint density at radius 1 is 1.16 bits per heavy atom. The van der Waals surface area contributed by atoms with Crippen molar-refractivity contribution in [2.75, 3.05) is 6.61 Å². The van der Waals surface area contributed by atoms with E-state index < -0.39 is 18.3 Å². The SMILES string of the molecule is CCOC(=O)Cc1ccccc1OC(C)/C(C)=C/C(B1OC(C)(C)C(C)(C)O1)=C(\C)O. The molecule has 2 rings (SSSR count). The van der Waals surface area contributed by atoms with Gasteiger partial charge in [0.1, 0.15) is 11.9 Å². The highest BCUT2D eigenvalue weighted by Crippen LogP contribution is 2.39. The molecule has 0 amide bonds. The molecule has 0 radical (unpaired) electrons. The first-order valence-electron chi connectivity index (χ1n) is 10.7. The minimum atomic E-state index is -0.673. The summed E-state index contributed by atoms with van der Waals surface area (Å²) in [4.78, 5) is 11.9. The molecule has 0 aromatic heterocycles. The lowest BCUT2D eigenvalue weighted by Crippen LogP contribution is -2.41. The first-order valence-corrected chi connectivity index (χ1v) is 10.7. The zero-order valence-corrected chi connectivity index (χ0v) is 19.9. The van der Waals surface area contributed by atoms with E-state index in [4.69, 9.17) is 18.8 Å². The van der Waals surface area contributed by atoms with E-state index in [1.807, 2.05) is 71.9 Å². The Balaban J connectivity index is 2.20. The number of rotatable bonds is 8. The lowest BCUT2D eigenvalue weighted by Gasteiger charge is -2.32. The van der Waals surface area contributed by atoms with Crippen molar-refractivity contribution < 1.29 is 28.7 Å². The van der Waals surface area contributed by atoms with E-state index in [1.165, 1.54) is 0 Å². The van der Waals surface area contributed by atoms with Crippen LogP contribution in [0.4, 0.5) is 0 Å². The number of para-hydroxylation sites is 1. The van der Waals surface area contributed by atoms with Crippen molar-refractivity contribution in [1.82, 2.24) is 0 Å². The number of allylic oxidation sites excluding steroid dienone is 3. The van der Waals surface area contributed by atoms with E-state index in [0.717, 1.165) is 11.1 Å². The minimum absolute atomic E-state index is 0.132. The molecule has 7 heteroatoms. The van der Waals surface area contributed by atoms with Gasteiger partial charge >= 0.3 is 13.1 Å². The smallest absolute Gasteiger partial charge is 0.498 e. The van der Waals surface area contributed by atoms with Crippen molar-refractivity contribution in [3.8, 4) is 5.75 Å². The maximum absolute atomic E-state index is 11.9. The highest BCUT2D eigenvalue weighted by Gasteiger charge is 2.52. The minimum Gasteiger partial charge on any atom is -0.513 e. The Bertz CT molecular complexity index is 835. The number of ether oxygens (including phenoxy) is 2. The third-order valence-electron chi connectivity index (χ3n) is 5.87. The molecule has 31 heavy (non-hydrogen) atoms. The second kappa shape index (κ2) is 9.92. The van der Waals surface area contributed by atoms with Crippen molar-refractivity contribution in [3.63, 3.8) is 0 Å². The van der Waals surface area contributed by atoms with E-state index in [2.05, 4.69) is 0 Å². The lowest BCUT2D eigenvalue weighted by atomic mass is 9.76. The Morgan fingerprint density at radius 2 is 1.74 bits per heavy atom. The summed E-state index contributed by atoms with van der Waals surface area (Å²) < 4.78 is 23.4. The fourth-order valence-corrected chi connectivity index (χ4v) is 3.09. The van der Waals surface area contributed by atoms with Gasteiger partial charge in [0, 0.05) is 11.0 Å². The van der Waals surface area contributed by atoms with Crippen LogP contribution in [0.5, 0.6) is 5.75 Å². The van der Waals surface area contributed by atoms with Crippen molar-refractivity contribution >= 4 is 13.1 Å². The molecule has 1 saturated heterocycles. The summed E-state index contributed by atoms with van der Waals surface area (Å²) in [6.07, 6.45) is 1.69. The summed E-state index contributed by atoms with van der Waals surface area (Å²) >= 11 is 0. The molecule has 1 heterocycles. The number of aliphatic hydroxyl groups excluding tert-OH is 1. The molecule has 1 aliphatic rings. The molecule has 0 bridgehead atoms. The van der Waals surface area contributed by atoms with Gasteiger partial charge in [-0.15, -0.1) is 0 Å². The quantitative estimate of drug-likeness (QED) is 0.272. The zero-order valence-electron chi connectivity index (χ0n) is 19.9. The Labute approximate surface area is 186 Å². The van der Waals surface area contributed by atoms with Gasteiger partial charge in [0.25, 0.3) is 0 Å². The molecule has 1 aromatic carbocycles. The van der Waals surface area contributed by atoms with Crippen LogP contribution in [0.25, 0.3) is 0 Å². The molecule has 1 N–H and O–H groups in total. The number of esters is 1. The van der Waals surface area contributed by atoms with Crippen LogP contribution in [0.1, 0.15) is 61.0 Å². The molecule has 170 valence electrons. The summed E-state index contributed by atoms with van der Waals surface area (Å²) in [6, 6.07) is 7.42. The van der Waals surface area contributed by atoms with Gasteiger partial charge in [-0.05, 0) is 67.0 Å². The Kier molecular flexibility index (Phi) is 8.01. The molecule has 0 saturated carbocycles. The van der Waals surface area contributed by atoms with Crippen LogP contribution in [0.3, 0.4) is 0 Å². The van der Waals surface area contributed by atoms with Gasteiger partial charge in [-0.1, -0.05) is 24.3 Å². The number of benzene rings is 1. The number of carbonyl (C=O) groups is 1. The largest absolute Gasteiger partial charge is 0.513 e. The van der Waals surface area contributed by atoms with Gasteiger partial charge in [-0.2, -0.15) is 0 Å². The second-order valence-corrected chi connectivity index (χ2v) is 8.87. The maximum Gasteiger partial charge on any atom is 0.498 e. The van der Waals surface area contributed by atoms with Gasteiger partial charge in [-0.25, -0.2) is 0 Å². The second-order valence-electron chi connectivity index (χ2n) is 8.87. The Hall–Kier alpha value is -2.25. The zero-order chi connectivity index (χ0) is 23.4. The third kappa shape index (κ3) is 6.14. The Morgan fingerprint density at radius 3 is 2.29 bits per heavy atom. The lowest BCUT2D eigenvalue weighted by molar-refractivity contribution is -0.142. The summed E-state index contributed by atoms with van der Waals surface area (Å²) in [5, 5.41) is 10.3. The van der Waals surface area contributed by atoms with Crippen molar-refractivity contribution in [3.05, 3.63) is 52.7 Å². The van der Waals surface area contributed by atoms with Gasteiger partial charge in [0.2, 0.25) is 0 Å². The first-order chi connectivity index (χ1) is 14.4. The molecule has 1 atom stereocenters. The van der Waals surface area contributed by atoms with Crippen molar-refractivity contribution in [1.29, 1.82) is 0 Å². The van der Waals surface area contributed by atoms with Gasteiger partial charge in [0.15, 0.2) is 0 Å². The fourth-order valence-electron chi connectivity index (χ4n) is 3.09. The molecule has 1 aromatic rings. The van der Waals surface area contributed by atoms with Gasteiger partial charge in [-0.3, -0.25) is 4.79 Å². The molecular formula is C24H35BO6. The summed E-state index contributed by atoms with van der Waals surface area (Å²) in [5.41, 5.74) is 1.19. The van der Waals surface area contributed by atoms with E-state index >= 15 is 0 Å². The summed E-state index contributed by atoms with van der Waals surface area (Å²) in [7, 11) is -0.673. The van der Waals surface area contributed by atoms with E-state index in [-0.39, 0.29) is 24.3 Å². The van der Waals surface area contributed by atoms with Crippen LogP contribution >= 0.6 is 0 Å². The predicted molar refractivity (Wildman–Crippen MR) is 122 cm³/mol. The van der Waals surface area contributed by atoms with E-state index in [0.29, 0.717) is 17.8 Å². The van der Waals surface area contributed by atoms with Gasteiger partial charge < -0.3 is 23.9 Å². The van der Waals surface area contributed by atoms with Crippen LogP contribution in [0.2, 0.25) is 0 Å². The van der Waals surface area contributed by atoms with Crippen LogP contribution in [0, 0.1) is 0 Å². The maximum atomic E-state index is 11.9. The standard InChI is InChI=1S/C24H35BO6/c1-9-28-22(27)15-19-12-10-11-13-21(19)29-18(4)16(2)14-20(17(3)26)25-30-23(5,6)24(7,8)31-25/h10-14,18,26H,9,15H2,1-8H3/b16-14+,20-17-. The molecule has 6 nitrogen and oxygen atoms in total. The average molecular weight is 430 g/mol. The topological polar surface area (TPSA) is 74.2 Å². The number of carbonyl (C=O) groups excluding carboxylic acids is 1. The summed E-state index contributed by atoms with van der Waals surface area (Å²) in [5.74, 6) is 0.464. The third-order valence-corrected chi connectivity index (χ3v) is 5.87. The molecule has 1 aliphatic heterocycles. The summed E-state index contributed by atoms with van der Waals surface area (Å²) in [6.45, 7) is 15.5.